The average molecular weight is 382 g/mol. The molecule has 23 heavy (non-hydrogen) atoms. The summed E-state index contributed by atoms with van der Waals surface area (Å²) in [6.45, 7) is -0.0646. The van der Waals surface area contributed by atoms with Crippen LogP contribution >= 0.6 is 15.9 Å². The first-order chi connectivity index (χ1) is 11.0. The van der Waals surface area contributed by atoms with Crippen LogP contribution in [0.1, 0.15) is 23.2 Å². The third-order valence-corrected chi connectivity index (χ3v) is 3.17. The minimum atomic E-state index is -0.587. The maximum Gasteiger partial charge on any atom is 0.308 e. The number of carbonyl (C=O) groups is 3. The fraction of sp³-hybridized carbons (Fsp3) is 0.333. The predicted octanol–water partition coefficient (Wildman–Crippen LogP) is 1.14. The van der Waals surface area contributed by atoms with E-state index in [0.717, 1.165) is 4.47 Å². The molecule has 7 nitrogen and oxygen atoms in total. The van der Waals surface area contributed by atoms with Crippen molar-refractivity contribution in [2.45, 2.75) is 12.8 Å². The molecular formula is C15H16BrN3O4. The van der Waals surface area contributed by atoms with Gasteiger partial charge in [0.2, 0.25) is 0 Å². The molecule has 0 radical (unpaired) electrons. The highest BCUT2D eigenvalue weighted by Gasteiger charge is 2.09. The number of benzene rings is 1. The minimum absolute atomic E-state index is 0.0340. The van der Waals surface area contributed by atoms with Crippen LogP contribution < -0.4 is 10.6 Å². The number of carbonyl (C=O) groups excluding carboxylic acids is 3. The molecule has 2 amide bonds. The van der Waals surface area contributed by atoms with E-state index in [4.69, 9.17) is 10.00 Å². The summed E-state index contributed by atoms with van der Waals surface area (Å²) in [6, 6.07) is 8.68. The standard InChI is InChI=1S/C15H16BrN3O4/c16-12-4-2-11(3-5-12)15(22)19-9-6-14(21)23-10-13(20)18-8-1-7-17/h2-5H,1,6,8-10H2,(H,18,20)(H,19,22). The molecule has 0 fully saturated rings. The van der Waals surface area contributed by atoms with Crippen molar-refractivity contribution in [1.29, 1.82) is 5.26 Å². The molecule has 1 rings (SSSR count). The molecule has 0 heterocycles. The monoisotopic (exact) mass is 381 g/mol. The van der Waals surface area contributed by atoms with Crippen LogP contribution in [-0.4, -0.2) is 37.5 Å². The number of hydrogen-bond donors (Lipinski definition) is 2. The Balaban J connectivity index is 2.18. The summed E-state index contributed by atoms with van der Waals surface area (Å²) >= 11 is 3.27. The van der Waals surface area contributed by atoms with E-state index >= 15 is 0 Å². The third-order valence-electron chi connectivity index (χ3n) is 2.64. The van der Waals surface area contributed by atoms with Crippen LogP contribution in [0, 0.1) is 11.3 Å². The van der Waals surface area contributed by atoms with Crippen molar-refractivity contribution >= 4 is 33.7 Å². The van der Waals surface area contributed by atoms with Gasteiger partial charge in [-0.05, 0) is 24.3 Å². The number of nitriles is 1. The molecule has 0 atom stereocenters. The summed E-state index contributed by atoms with van der Waals surface area (Å²) in [5.41, 5.74) is 0.485. The van der Waals surface area contributed by atoms with Crippen molar-refractivity contribution < 1.29 is 19.1 Å². The molecule has 1 aromatic carbocycles. The quantitative estimate of drug-likeness (QED) is 0.518. The Labute approximate surface area is 142 Å². The summed E-state index contributed by atoms with van der Waals surface area (Å²) in [4.78, 5) is 34.5. The number of halogens is 1. The number of rotatable bonds is 8. The van der Waals surface area contributed by atoms with Gasteiger partial charge in [0.15, 0.2) is 6.61 Å². The Hall–Kier alpha value is -2.40. The van der Waals surface area contributed by atoms with Crippen LogP contribution in [0.15, 0.2) is 28.7 Å². The molecule has 0 bridgehead atoms. The largest absolute Gasteiger partial charge is 0.456 e. The normalized spacial score (nSPS) is 9.57. The van der Waals surface area contributed by atoms with Crippen LogP contribution in [0.4, 0.5) is 0 Å². The van der Waals surface area contributed by atoms with E-state index in [1.54, 1.807) is 24.3 Å². The Kier molecular flexibility index (Phi) is 8.39. The van der Waals surface area contributed by atoms with E-state index in [0.29, 0.717) is 5.56 Å². The lowest BCUT2D eigenvalue weighted by atomic mass is 10.2. The van der Waals surface area contributed by atoms with Gasteiger partial charge in [0.1, 0.15) is 0 Å². The van der Waals surface area contributed by atoms with Crippen molar-refractivity contribution in [3.63, 3.8) is 0 Å². The Morgan fingerprint density at radius 2 is 1.83 bits per heavy atom. The molecule has 0 aliphatic heterocycles. The van der Waals surface area contributed by atoms with Crippen molar-refractivity contribution in [2.75, 3.05) is 19.7 Å². The zero-order valence-electron chi connectivity index (χ0n) is 12.3. The van der Waals surface area contributed by atoms with Crippen molar-refractivity contribution in [3.8, 4) is 6.07 Å². The highest BCUT2D eigenvalue weighted by atomic mass is 79.9. The van der Waals surface area contributed by atoms with E-state index in [1.807, 2.05) is 6.07 Å². The number of amides is 2. The van der Waals surface area contributed by atoms with Crippen LogP contribution in [0.5, 0.6) is 0 Å². The van der Waals surface area contributed by atoms with Gasteiger partial charge >= 0.3 is 5.97 Å². The molecule has 0 aromatic heterocycles. The molecule has 0 unspecified atom stereocenters. The van der Waals surface area contributed by atoms with Crippen LogP contribution in [0.25, 0.3) is 0 Å². The lowest BCUT2D eigenvalue weighted by Crippen LogP contribution is -2.30. The van der Waals surface area contributed by atoms with Gasteiger partial charge in [0.25, 0.3) is 11.8 Å². The van der Waals surface area contributed by atoms with E-state index in [-0.39, 0.29) is 31.8 Å². The van der Waals surface area contributed by atoms with E-state index in [2.05, 4.69) is 26.6 Å². The Bertz CT molecular complexity index is 596. The number of esters is 1. The van der Waals surface area contributed by atoms with Gasteiger partial charge in [0, 0.05) is 23.1 Å². The lowest BCUT2D eigenvalue weighted by Gasteiger charge is -2.07. The fourth-order valence-electron chi connectivity index (χ4n) is 1.51. The van der Waals surface area contributed by atoms with Gasteiger partial charge in [-0.25, -0.2) is 0 Å². The van der Waals surface area contributed by atoms with Crippen LogP contribution in [0.3, 0.4) is 0 Å². The van der Waals surface area contributed by atoms with E-state index in [1.165, 1.54) is 0 Å². The number of nitrogens with one attached hydrogen (secondary N) is 2. The van der Waals surface area contributed by atoms with Gasteiger partial charge in [-0.1, -0.05) is 15.9 Å². The van der Waals surface area contributed by atoms with Gasteiger partial charge in [0.05, 0.1) is 18.9 Å². The van der Waals surface area contributed by atoms with Crippen molar-refractivity contribution in [3.05, 3.63) is 34.3 Å². The molecular weight excluding hydrogens is 366 g/mol. The summed E-state index contributed by atoms with van der Waals surface area (Å²) in [7, 11) is 0. The molecule has 1 aromatic rings. The molecule has 8 heteroatoms. The van der Waals surface area contributed by atoms with Crippen LogP contribution in [0.2, 0.25) is 0 Å². The summed E-state index contributed by atoms with van der Waals surface area (Å²) < 4.78 is 5.61. The van der Waals surface area contributed by atoms with Crippen LogP contribution in [-0.2, 0) is 14.3 Å². The van der Waals surface area contributed by atoms with Crippen molar-refractivity contribution in [1.82, 2.24) is 10.6 Å². The number of nitrogens with zero attached hydrogens (tertiary/aromatic N) is 1. The predicted molar refractivity (Wildman–Crippen MR) is 85.3 cm³/mol. The highest BCUT2D eigenvalue weighted by molar-refractivity contribution is 9.10. The Morgan fingerprint density at radius 3 is 2.48 bits per heavy atom. The highest BCUT2D eigenvalue weighted by Crippen LogP contribution is 2.10. The molecule has 0 aliphatic rings. The first-order valence-electron chi connectivity index (χ1n) is 6.86. The molecule has 0 spiro atoms. The molecule has 0 saturated carbocycles. The number of ether oxygens (including phenoxy) is 1. The first kappa shape index (κ1) is 18.6. The smallest absolute Gasteiger partial charge is 0.308 e. The van der Waals surface area contributed by atoms with Gasteiger partial charge < -0.3 is 15.4 Å². The van der Waals surface area contributed by atoms with E-state index < -0.39 is 18.5 Å². The lowest BCUT2D eigenvalue weighted by molar-refractivity contribution is -0.148. The average Bonchev–Trinajstić information content (AvgIpc) is 2.53. The molecule has 0 saturated heterocycles. The maximum atomic E-state index is 11.8. The number of hydrogen-bond acceptors (Lipinski definition) is 5. The fourth-order valence-corrected chi connectivity index (χ4v) is 1.77. The second kappa shape index (κ2) is 10.3. The minimum Gasteiger partial charge on any atom is -0.456 e. The topological polar surface area (TPSA) is 108 Å². The summed E-state index contributed by atoms with van der Waals surface area (Å²) in [6.07, 6.45) is 0.162. The van der Waals surface area contributed by atoms with E-state index in [9.17, 15) is 14.4 Å². The SMILES string of the molecule is N#CCCNC(=O)COC(=O)CCNC(=O)c1ccc(Br)cc1. The summed E-state index contributed by atoms with van der Waals surface area (Å²) in [5.74, 6) is -1.34. The third kappa shape index (κ3) is 7.97. The van der Waals surface area contributed by atoms with Gasteiger partial charge in [-0.3, -0.25) is 14.4 Å². The maximum absolute atomic E-state index is 11.8. The molecule has 0 aliphatic carbocycles. The Morgan fingerprint density at radius 1 is 1.13 bits per heavy atom. The second-order valence-corrected chi connectivity index (χ2v) is 5.35. The van der Waals surface area contributed by atoms with Gasteiger partial charge in [-0.2, -0.15) is 5.26 Å². The summed E-state index contributed by atoms with van der Waals surface area (Å²) in [5, 5.41) is 13.3. The molecule has 2 N–H and O–H groups in total. The van der Waals surface area contributed by atoms with Crippen molar-refractivity contribution in [2.24, 2.45) is 0 Å². The zero-order valence-corrected chi connectivity index (χ0v) is 13.9. The zero-order chi connectivity index (χ0) is 17.1. The first-order valence-corrected chi connectivity index (χ1v) is 7.65. The second-order valence-electron chi connectivity index (χ2n) is 4.43. The molecule has 122 valence electrons. The van der Waals surface area contributed by atoms with Gasteiger partial charge in [-0.15, -0.1) is 0 Å².